The van der Waals surface area contributed by atoms with Gasteiger partial charge in [0.1, 0.15) is 0 Å². The van der Waals surface area contributed by atoms with E-state index in [-0.39, 0.29) is 0 Å². The van der Waals surface area contributed by atoms with Gasteiger partial charge >= 0.3 is 0 Å². The standard InChI is InChI=1S/C16H27N3/c1-13(2)16(19-10-4-5-11-19)12-18-14(3)15-6-8-17-9-7-15/h6-9,13-14,16,18H,4-5,10-12H2,1-3H3. The van der Waals surface area contributed by atoms with E-state index in [4.69, 9.17) is 0 Å². The van der Waals surface area contributed by atoms with Crippen molar-refractivity contribution in [1.82, 2.24) is 15.2 Å². The number of likely N-dealkylation sites (tertiary alicyclic amines) is 1. The zero-order chi connectivity index (χ0) is 13.7. The fourth-order valence-corrected chi connectivity index (χ4v) is 2.93. The largest absolute Gasteiger partial charge is 0.309 e. The average molecular weight is 261 g/mol. The van der Waals surface area contributed by atoms with Gasteiger partial charge in [-0.25, -0.2) is 0 Å². The van der Waals surface area contributed by atoms with Crippen molar-refractivity contribution in [3.05, 3.63) is 30.1 Å². The van der Waals surface area contributed by atoms with E-state index in [1.165, 1.54) is 31.5 Å². The van der Waals surface area contributed by atoms with Gasteiger partial charge in [-0.2, -0.15) is 0 Å². The Bertz CT molecular complexity index is 358. The van der Waals surface area contributed by atoms with E-state index < -0.39 is 0 Å². The topological polar surface area (TPSA) is 28.2 Å². The monoisotopic (exact) mass is 261 g/mol. The highest BCUT2D eigenvalue weighted by Crippen LogP contribution is 2.18. The molecule has 1 aliphatic rings. The van der Waals surface area contributed by atoms with Gasteiger partial charge in [0.2, 0.25) is 0 Å². The molecule has 0 spiro atoms. The number of aromatic nitrogens is 1. The molecular weight excluding hydrogens is 234 g/mol. The van der Waals surface area contributed by atoms with E-state index in [9.17, 15) is 0 Å². The van der Waals surface area contributed by atoms with Gasteiger partial charge in [0.05, 0.1) is 0 Å². The van der Waals surface area contributed by atoms with E-state index in [0.29, 0.717) is 18.0 Å². The average Bonchev–Trinajstić information content (AvgIpc) is 2.93. The van der Waals surface area contributed by atoms with Crippen LogP contribution in [-0.4, -0.2) is 35.6 Å². The zero-order valence-electron chi connectivity index (χ0n) is 12.5. The Morgan fingerprint density at radius 2 is 1.79 bits per heavy atom. The Morgan fingerprint density at radius 1 is 1.16 bits per heavy atom. The molecule has 0 amide bonds. The summed E-state index contributed by atoms with van der Waals surface area (Å²) < 4.78 is 0. The molecule has 2 unspecified atom stereocenters. The van der Waals surface area contributed by atoms with E-state index in [1.807, 2.05) is 12.4 Å². The normalized spacial score (nSPS) is 19.8. The van der Waals surface area contributed by atoms with Crippen LogP contribution in [0.3, 0.4) is 0 Å². The molecule has 0 saturated carbocycles. The van der Waals surface area contributed by atoms with Crippen molar-refractivity contribution < 1.29 is 0 Å². The molecule has 2 atom stereocenters. The molecule has 3 heteroatoms. The molecule has 1 aromatic heterocycles. The number of nitrogens with one attached hydrogen (secondary N) is 1. The van der Waals surface area contributed by atoms with E-state index in [2.05, 4.69) is 48.1 Å². The Kier molecular flexibility index (Phi) is 5.34. The fraction of sp³-hybridized carbons (Fsp3) is 0.688. The molecule has 1 saturated heterocycles. The smallest absolute Gasteiger partial charge is 0.0293 e. The van der Waals surface area contributed by atoms with Crippen LogP contribution in [0.5, 0.6) is 0 Å². The minimum Gasteiger partial charge on any atom is -0.309 e. The van der Waals surface area contributed by atoms with Gasteiger partial charge in [0, 0.05) is 31.0 Å². The highest BCUT2D eigenvalue weighted by Gasteiger charge is 2.24. The van der Waals surface area contributed by atoms with Crippen molar-refractivity contribution in [1.29, 1.82) is 0 Å². The molecule has 106 valence electrons. The second-order valence-corrected chi connectivity index (χ2v) is 5.96. The summed E-state index contributed by atoms with van der Waals surface area (Å²) in [4.78, 5) is 6.73. The molecule has 0 bridgehead atoms. The van der Waals surface area contributed by atoms with Crippen molar-refractivity contribution in [3.63, 3.8) is 0 Å². The predicted molar refractivity (Wildman–Crippen MR) is 80.1 cm³/mol. The van der Waals surface area contributed by atoms with Gasteiger partial charge in [0.25, 0.3) is 0 Å². The predicted octanol–water partition coefficient (Wildman–Crippen LogP) is 2.85. The lowest BCUT2D eigenvalue weighted by Crippen LogP contribution is -2.44. The Morgan fingerprint density at radius 3 is 2.37 bits per heavy atom. The van der Waals surface area contributed by atoms with Gasteiger partial charge in [-0.1, -0.05) is 13.8 Å². The van der Waals surface area contributed by atoms with Crippen molar-refractivity contribution in [2.24, 2.45) is 5.92 Å². The van der Waals surface area contributed by atoms with Crippen LogP contribution in [0.4, 0.5) is 0 Å². The summed E-state index contributed by atoms with van der Waals surface area (Å²) in [7, 11) is 0. The van der Waals surface area contributed by atoms with Crippen molar-refractivity contribution in [3.8, 4) is 0 Å². The molecule has 0 aromatic carbocycles. The molecule has 0 radical (unpaired) electrons. The number of rotatable bonds is 6. The Balaban J connectivity index is 1.88. The zero-order valence-corrected chi connectivity index (χ0v) is 12.5. The highest BCUT2D eigenvalue weighted by molar-refractivity contribution is 5.13. The van der Waals surface area contributed by atoms with Crippen LogP contribution in [0.15, 0.2) is 24.5 Å². The van der Waals surface area contributed by atoms with Crippen LogP contribution < -0.4 is 5.32 Å². The third kappa shape index (κ3) is 4.02. The Hall–Kier alpha value is -0.930. The lowest BCUT2D eigenvalue weighted by molar-refractivity contribution is 0.183. The summed E-state index contributed by atoms with van der Waals surface area (Å²) in [5, 5.41) is 3.69. The van der Waals surface area contributed by atoms with Crippen LogP contribution in [0.25, 0.3) is 0 Å². The van der Waals surface area contributed by atoms with Gasteiger partial charge in [-0.3, -0.25) is 9.88 Å². The summed E-state index contributed by atoms with van der Waals surface area (Å²) in [5.41, 5.74) is 1.32. The summed E-state index contributed by atoms with van der Waals surface area (Å²) in [6.07, 6.45) is 6.47. The number of hydrogen-bond acceptors (Lipinski definition) is 3. The lowest BCUT2D eigenvalue weighted by atomic mass is 10.0. The minimum absolute atomic E-state index is 0.395. The molecule has 19 heavy (non-hydrogen) atoms. The molecule has 1 N–H and O–H groups in total. The third-order valence-corrected chi connectivity index (χ3v) is 4.22. The first-order chi connectivity index (χ1) is 9.18. The van der Waals surface area contributed by atoms with Crippen molar-refractivity contribution in [2.75, 3.05) is 19.6 Å². The maximum atomic E-state index is 4.08. The number of pyridine rings is 1. The van der Waals surface area contributed by atoms with E-state index >= 15 is 0 Å². The quantitative estimate of drug-likeness (QED) is 0.853. The molecule has 0 aliphatic carbocycles. The first-order valence-electron chi connectivity index (χ1n) is 7.56. The summed E-state index contributed by atoms with van der Waals surface area (Å²) in [6, 6.07) is 5.24. The fourth-order valence-electron chi connectivity index (χ4n) is 2.93. The van der Waals surface area contributed by atoms with Gasteiger partial charge in [-0.15, -0.1) is 0 Å². The van der Waals surface area contributed by atoms with Gasteiger partial charge < -0.3 is 5.32 Å². The first kappa shape index (κ1) is 14.5. The molecule has 3 nitrogen and oxygen atoms in total. The maximum absolute atomic E-state index is 4.08. The highest BCUT2D eigenvalue weighted by atomic mass is 15.2. The van der Waals surface area contributed by atoms with Crippen LogP contribution in [0.2, 0.25) is 0 Å². The van der Waals surface area contributed by atoms with Crippen LogP contribution in [-0.2, 0) is 0 Å². The van der Waals surface area contributed by atoms with Gasteiger partial charge in [0.15, 0.2) is 0 Å². The molecule has 1 fully saturated rings. The van der Waals surface area contributed by atoms with Crippen molar-refractivity contribution >= 4 is 0 Å². The van der Waals surface area contributed by atoms with Gasteiger partial charge in [-0.05, 0) is 56.5 Å². The minimum atomic E-state index is 0.395. The van der Waals surface area contributed by atoms with Crippen LogP contribution >= 0.6 is 0 Å². The molecular formula is C16H27N3. The third-order valence-electron chi connectivity index (χ3n) is 4.22. The SMILES string of the molecule is CC(NCC(C(C)C)N1CCCC1)c1ccncc1. The van der Waals surface area contributed by atoms with Crippen LogP contribution in [0, 0.1) is 5.92 Å². The van der Waals surface area contributed by atoms with E-state index in [1.54, 1.807) is 0 Å². The second kappa shape index (κ2) is 7.01. The van der Waals surface area contributed by atoms with E-state index in [0.717, 1.165) is 6.54 Å². The Labute approximate surface area is 117 Å². The summed E-state index contributed by atoms with van der Waals surface area (Å²) in [5.74, 6) is 0.704. The lowest BCUT2D eigenvalue weighted by Gasteiger charge is -2.32. The molecule has 1 aliphatic heterocycles. The summed E-state index contributed by atoms with van der Waals surface area (Å²) >= 11 is 0. The number of nitrogens with zero attached hydrogens (tertiary/aromatic N) is 2. The second-order valence-electron chi connectivity index (χ2n) is 5.96. The first-order valence-corrected chi connectivity index (χ1v) is 7.56. The van der Waals surface area contributed by atoms with Crippen molar-refractivity contribution in [2.45, 2.75) is 45.7 Å². The molecule has 1 aromatic rings. The molecule has 2 heterocycles. The maximum Gasteiger partial charge on any atom is 0.0293 e. The molecule has 2 rings (SSSR count). The summed E-state index contributed by atoms with van der Waals surface area (Å²) in [6.45, 7) is 10.5. The van der Waals surface area contributed by atoms with Crippen LogP contribution in [0.1, 0.15) is 45.2 Å². The number of hydrogen-bond donors (Lipinski definition) is 1.